The second kappa shape index (κ2) is 2.97. The van der Waals surface area contributed by atoms with Gasteiger partial charge in [-0.05, 0) is 5.56 Å². The summed E-state index contributed by atoms with van der Waals surface area (Å²) in [5.74, 6) is 0. The van der Waals surface area contributed by atoms with E-state index in [1.54, 1.807) is 0 Å². The number of benzene rings is 1. The summed E-state index contributed by atoms with van der Waals surface area (Å²) in [6.45, 7) is 1.00. The van der Waals surface area contributed by atoms with Gasteiger partial charge >= 0.3 is 0 Å². The van der Waals surface area contributed by atoms with Gasteiger partial charge < -0.3 is 4.90 Å². The molecular weight excluding hydrogens is 148 g/mol. The van der Waals surface area contributed by atoms with Gasteiger partial charge in [-0.3, -0.25) is 4.99 Å². The van der Waals surface area contributed by atoms with E-state index < -0.39 is 0 Å². The van der Waals surface area contributed by atoms with E-state index >= 15 is 0 Å². The molecule has 1 atom stereocenters. The largest absolute Gasteiger partial charge is 0.363 e. The lowest BCUT2D eigenvalue weighted by Gasteiger charge is -2.09. The van der Waals surface area contributed by atoms with Gasteiger partial charge in [0.1, 0.15) is 0 Å². The Balaban J connectivity index is 2.18. The van der Waals surface area contributed by atoms with E-state index in [2.05, 4.69) is 34.2 Å². The minimum Gasteiger partial charge on any atom is -0.363 e. The zero-order chi connectivity index (χ0) is 8.39. The Labute approximate surface area is 72.5 Å². The third kappa shape index (κ3) is 1.33. The molecule has 62 valence electrons. The fraction of sp³-hybridized carbons (Fsp3) is 0.300. The average Bonchev–Trinajstić information content (AvgIpc) is 2.54. The van der Waals surface area contributed by atoms with E-state index in [1.807, 2.05) is 19.5 Å². The van der Waals surface area contributed by atoms with Gasteiger partial charge in [0, 0.05) is 13.6 Å². The Kier molecular flexibility index (Phi) is 1.82. The molecule has 2 nitrogen and oxygen atoms in total. The fourth-order valence-electron chi connectivity index (χ4n) is 1.43. The van der Waals surface area contributed by atoms with Crippen molar-refractivity contribution in [1.82, 2.24) is 4.90 Å². The van der Waals surface area contributed by atoms with E-state index in [0.29, 0.717) is 6.04 Å². The van der Waals surface area contributed by atoms with Gasteiger partial charge in [-0.2, -0.15) is 0 Å². The summed E-state index contributed by atoms with van der Waals surface area (Å²) in [4.78, 5) is 6.50. The predicted molar refractivity (Wildman–Crippen MR) is 50.3 cm³/mol. The smallest absolute Gasteiger partial charge is 0.0941 e. The molecule has 0 N–H and O–H groups in total. The maximum atomic E-state index is 4.39. The zero-order valence-electron chi connectivity index (χ0n) is 7.14. The Morgan fingerprint density at radius 3 is 2.67 bits per heavy atom. The van der Waals surface area contributed by atoms with Crippen molar-refractivity contribution in [3.05, 3.63) is 35.9 Å². The zero-order valence-corrected chi connectivity index (χ0v) is 7.14. The summed E-state index contributed by atoms with van der Waals surface area (Å²) in [5.41, 5.74) is 1.30. The second-order valence-corrected chi connectivity index (χ2v) is 3.13. The van der Waals surface area contributed by atoms with Crippen LogP contribution in [0.3, 0.4) is 0 Å². The van der Waals surface area contributed by atoms with Crippen molar-refractivity contribution in [3.8, 4) is 0 Å². The molecule has 2 heteroatoms. The van der Waals surface area contributed by atoms with Crippen molar-refractivity contribution < 1.29 is 0 Å². The van der Waals surface area contributed by atoms with Gasteiger partial charge in [-0.15, -0.1) is 0 Å². The molecule has 0 saturated carbocycles. The number of rotatable bonds is 1. The Hall–Kier alpha value is -1.31. The number of nitrogens with zero attached hydrogens (tertiary/aromatic N) is 2. The van der Waals surface area contributed by atoms with Crippen molar-refractivity contribution in [1.29, 1.82) is 0 Å². The summed E-state index contributed by atoms with van der Waals surface area (Å²) in [5, 5.41) is 0. The molecular formula is C10H12N2. The highest BCUT2D eigenvalue weighted by Gasteiger charge is 2.15. The minimum atomic E-state index is 0.344. The van der Waals surface area contributed by atoms with Gasteiger partial charge in [0.15, 0.2) is 0 Å². The van der Waals surface area contributed by atoms with Crippen molar-refractivity contribution in [2.45, 2.75) is 6.04 Å². The molecule has 1 aromatic rings. The molecule has 0 bridgehead atoms. The lowest BCUT2D eigenvalue weighted by Crippen LogP contribution is -2.14. The topological polar surface area (TPSA) is 15.6 Å². The number of likely N-dealkylation sites (N-methyl/N-ethyl adjacent to an activating group) is 1. The van der Waals surface area contributed by atoms with E-state index in [-0.39, 0.29) is 0 Å². The second-order valence-electron chi connectivity index (χ2n) is 3.13. The van der Waals surface area contributed by atoms with Crippen LogP contribution in [0.15, 0.2) is 35.3 Å². The fourth-order valence-corrected chi connectivity index (χ4v) is 1.43. The molecule has 0 aliphatic carbocycles. The van der Waals surface area contributed by atoms with E-state index in [4.69, 9.17) is 0 Å². The Morgan fingerprint density at radius 2 is 2.08 bits per heavy atom. The quantitative estimate of drug-likeness (QED) is 0.610. The normalized spacial score (nSPS) is 21.8. The first-order chi connectivity index (χ1) is 5.86. The highest BCUT2D eigenvalue weighted by Crippen LogP contribution is 2.20. The van der Waals surface area contributed by atoms with Crippen LogP contribution in [0.1, 0.15) is 11.6 Å². The van der Waals surface area contributed by atoms with Crippen molar-refractivity contribution in [2.24, 2.45) is 4.99 Å². The maximum Gasteiger partial charge on any atom is 0.0941 e. The van der Waals surface area contributed by atoms with Gasteiger partial charge in [-0.1, -0.05) is 30.3 Å². The molecule has 0 saturated heterocycles. The van der Waals surface area contributed by atoms with E-state index in [1.165, 1.54) is 5.56 Å². The van der Waals surface area contributed by atoms with Crippen LogP contribution in [0.25, 0.3) is 0 Å². The highest BCUT2D eigenvalue weighted by molar-refractivity contribution is 5.58. The minimum absolute atomic E-state index is 0.344. The molecule has 0 aromatic heterocycles. The molecule has 1 aliphatic heterocycles. The molecule has 1 unspecified atom stereocenters. The van der Waals surface area contributed by atoms with Crippen LogP contribution in [-0.4, -0.2) is 24.8 Å². The summed E-state index contributed by atoms with van der Waals surface area (Å²) < 4.78 is 0. The van der Waals surface area contributed by atoms with E-state index in [0.717, 1.165) is 6.54 Å². The van der Waals surface area contributed by atoms with Crippen LogP contribution in [0.4, 0.5) is 0 Å². The molecule has 0 spiro atoms. The van der Waals surface area contributed by atoms with Crippen molar-refractivity contribution in [2.75, 3.05) is 13.6 Å². The molecule has 1 aromatic carbocycles. The summed E-state index contributed by atoms with van der Waals surface area (Å²) >= 11 is 0. The Morgan fingerprint density at radius 1 is 1.33 bits per heavy atom. The van der Waals surface area contributed by atoms with Gasteiger partial charge in [0.2, 0.25) is 0 Å². The van der Waals surface area contributed by atoms with Gasteiger partial charge in [-0.25, -0.2) is 0 Å². The molecule has 1 heterocycles. The van der Waals surface area contributed by atoms with Crippen LogP contribution in [0.5, 0.6) is 0 Å². The lowest BCUT2D eigenvalue weighted by molar-refractivity contribution is 0.515. The number of hydrogen-bond donors (Lipinski definition) is 0. The molecule has 2 rings (SSSR count). The molecule has 0 fully saturated rings. The average molecular weight is 160 g/mol. The van der Waals surface area contributed by atoms with Gasteiger partial charge in [0.25, 0.3) is 0 Å². The third-order valence-electron chi connectivity index (χ3n) is 2.09. The number of hydrogen-bond acceptors (Lipinski definition) is 2. The monoisotopic (exact) mass is 160 g/mol. The standard InChI is InChI=1S/C10H12N2/c1-12-7-10(11-8-12)9-5-3-2-4-6-9/h2-6,8,10H,7H2,1H3. The Bertz CT molecular complexity index is 279. The molecule has 12 heavy (non-hydrogen) atoms. The lowest BCUT2D eigenvalue weighted by atomic mass is 10.1. The van der Waals surface area contributed by atoms with Crippen LogP contribution >= 0.6 is 0 Å². The van der Waals surface area contributed by atoms with Gasteiger partial charge in [0.05, 0.1) is 12.4 Å². The highest BCUT2D eigenvalue weighted by atomic mass is 15.2. The summed E-state index contributed by atoms with van der Waals surface area (Å²) in [7, 11) is 2.05. The molecule has 0 radical (unpaired) electrons. The van der Waals surface area contributed by atoms with Crippen LogP contribution in [0, 0.1) is 0 Å². The SMILES string of the molecule is CN1C=NC(c2ccccc2)C1. The predicted octanol–water partition coefficient (Wildman–Crippen LogP) is 1.70. The summed E-state index contributed by atoms with van der Waals surface area (Å²) in [6.07, 6.45) is 1.90. The van der Waals surface area contributed by atoms with E-state index in [9.17, 15) is 0 Å². The molecule has 1 aliphatic rings. The van der Waals surface area contributed by atoms with Crippen LogP contribution in [-0.2, 0) is 0 Å². The van der Waals surface area contributed by atoms with Crippen LogP contribution in [0.2, 0.25) is 0 Å². The maximum absolute atomic E-state index is 4.39. The first kappa shape index (κ1) is 7.35. The first-order valence-corrected chi connectivity index (χ1v) is 4.15. The van der Waals surface area contributed by atoms with Crippen LogP contribution < -0.4 is 0 Å². The van der Waals surface area contributed by atoms with Crippen molar-refractivity contribution >= 4 is 6.34 Å². The first-order valence-electron chi connectivity index (χ1n) is 4.15. The number of aliphatic imine (C=N–C) groups is 1. The van der Waals surface area contributed by atoms with Crippen molar-refractivity contribution in [3.63, 3.8) is 0 Å². The molecule has 0 amide bonds. The third-order valence-corrected chi connectivity index (χ3v) is 2.09. The summed E-state index contributed by atoms with van der Waals surface area (Å²) in [6, 6.07) is 10.7.